The molecule has 9 nitrogen and oxygen atoms in total. The monoisotopic (exact) mass is 471 g/mol. The van der Waals surface area contributed by atoms with Crippen molar-refractivity contribution in [1.82, 2.24) is 25.1 Å². The zero-order valence-electron chi connectivity index (χ0n) is 20.2. The highest BCUT2D eigenvalue weighted by molar-refractivity contribution is 5.95. The molecule has 9 heteroatoms. The summed E-state index contributed by atoms with van der Waals surface area (Å²) >= 11 is 0. The lowest BCUT2D eigenvalue weighted by atomic mass is 10.1. The van der Waals surface area contributed by atoms with Gasteiger partial charge in [-0.15, -0.1) is 0 Å². The Bertz CT molecular complexity index is 1320. The number of aryl methyl sites for hydroxylation is 2. The van der Waals surface area contributed by atoms with Gasteiger partial charge >= 0.3 is 0 Å². The minimum atomic E-state index is -0.365. The van der Waals surface area contributed by atoms with E-state index in [0.29, 0.717) is 28.6 Å². The Morgan fingerprint density at radius 3 is 2.51 bits per heavy atom. The number of aliphatic hydroxyl groups excluding tert-OH is 1. The van der Waals surface area contributed by atoms with Crippen LogP contribution in [0.25, 0.3) is 11.3 Å². The minimum absolute atomic E-state index is 0.0496. The first-order valence-electron chi connectivity index (χ1n) is 11.3. The molecule has 0 spiro atoms. The van der Waals surface area contributed by atoms with Gasteiger partial charge in [-0.25, -0.2) is 4.98 Å². The molecule has 0 aliphatic carbocycles. The van der Waals surface area contributed by atoms with Gasteiger partial charge in [0.1, 0.15) is 5.82 Å². The smallest absolute Gasteiger partial charge is 0.253 e. The van der Waals surface area contributed by atoms with E-state index < -0.39 is 0 Å². The van der Waals surface area contributed by atoms with E-state index in [2.05, 4.69) is 25.8 Å². The Kier molecular flexibility index (Phi) is 7.07. The van der Waals surface area contributed by atoms with Crippen molar-refractivity contribution in [3.05, 3.63) is 83.2 Å². The van der Waals surface area contributed by atoms with Crippen molar-refractivity contribution in [2.24, 2.45) is 0 Å². The molecule has 0 aliphatic rings. The third-order valence-corrected chi connectivity index (χ3v) is 5.59. The molecule has 0 radical (unpaired) electrons. The molecule has 180 valence electrons. The number of hydrogen-bond acceptors (Lipinski definition) is 7. The van der Waals surface area contributed by atoms with Crippen molar-refractivity contribution in [2.75, 3.05) is 31.3 Å². The average Bonchev–Trinajstić information content (AvgIpc) is 3.28. The Morgan fingerprint density at radius 1 is 1.11 bits per heavy atom. The molecule has 0 saturated heterocycles. The molecular weight excluding hydrogens is 442 g/mol. The lowest BCUT2D eigenvalue weighted by Gasteiger charge is -2.20. The molecule has 0 fully saturated rings. The molecule has 0 saturated carbocycles. The van der Waals surface area contributed by atoms with Crippen LogP contribution in [0, 0.1) is 13.8 Å². The van der Waals surface area contributed by atoms with Crippen LogP contribution in [0.3, 0.4) is 0 Å². The number of aliphatic hydroxyl groups is 1. The number of amides is 1. The number of carbonyl (C=O) groups excluding carboxylic acids is 1. The summed E-state index contributed by atoms with van der Waals surface area (Å²) in [5.74, 6) is 0.860. The van der Waals surface area contributed by atoms with Gasteiger partial charge in [-0.3, -0.25) is 9.89 Å². The molecule has 0 aliphatic heterocycles. The number of rotatable bonds is 8. The summed E-state index contributed by atoms with van der Waals surface area (Å²) in [4.78, 5) is 23.1. The second-order valence-corrected chi connectivity index (χ2v) is 8.54. The number of hydrogen-bond donors (Lipinski definition) is 4. The van der Waals surface area contributed by atoms with Crippen molar-refractivity contribution in [3.8, 4) is 11.3 Å². The highest BCUT2D eigenvalue weighted by atomic mass is 16.3. The van der Waals surface area contributed by atoms with Gasteiger partial charge in [0, 0.05) is 37.2 Å². The van der Waals surface area contributed by atoms with Crippen LogP contribution in [0.4, 0.5) is 17.5 Å². The molecule has 2 heterocycles. The van der Waals surface area contributed by atoms with E-state index in [-0.39, 0.29) is 18.6 Å². The molecule has 2 aromatic heterocycles. The number of aromatic nitrogens is 4. The molecule has 0 bridgehead atoms. The number of anilines is 3. The van der Waals surface area contributed by atoms with Crippen LogP contribution in [-0.2, 0) is 0 Å². The van der Waals surface area contributed by atoms with E-state index >= 15 is 0 Å². The number of nitrogens with zero attached hydrogens (tertiary/aromatic N) is 4. The lowest BCUT2D eigenvalue weighted by molar-refractivity contribution is 0.0827. The summed E-state index contributed by atoms with van der Waals surface area (Å²) in [5.41, 5.74) is 5.50. The number of benzene rings is 2. The van der Waals surface area contributed by atoms with Gasteiger partial charge in [0.05, 0.1) is 23.9 Å². The summed E-state index contributed by atoms with van der Waals surface area (Å²) in [7, 11) is 3.46. The normalized spacial score (nSPS) is 11.7. The zero-order valence-corrected chi connectivity index (χ0v) is 20.2. The molecule has 1 amide bonds. The fourth-order valence-corrected chi connectivity index (χ4v) is 3.73. The Balaban J connectivity index is 1.66. The van der Waals surface area contributed by atoms with Crippen LogP contribution in [0.5, 0.6) is 0 Å². The summed E-state index contributed by atoms with van der Waals surface area (Å²) in [5, 5.41) is 23.9. The molecule has 4 rings (SSSR count). The molecule has 0 unspecified atom stereocenters. The van der Waals surface area contributed by atoms with Crippen LogP contribution in [0.1, 0.15) is 33.2 Å². The largest absolute Gasteiger partial charge is 0.394 e. The topological polar surface area (TPSA) is 119 Å². The third-order valence-electron chi connectivity index (χ3n) is 5.59. The van der Waals surface area contributed by atoms with E-state index in [1.54, 1.807) is 31.3 Å². The second kappa shape index (κ2) is 10.4. The Labute approximate surface area is 204 Å². The molecule has 35 heavy (non-hydrogen) atoms. The van der Waals surface area contributed by atoms with Gasteiger partial charge in [0.2, 0.25) is 5.95 Å². The van der Waals surface area contributed by atoms with E-state index in [4.69, 9.17) is 4.98 Å². The highest BCUT2D eigenvalue weighted by Crippen LogP contribution is 2.30. The highest BCUT2D eigenvalue weighted by Gasteiger charge is 2.18. The van der Waals surface area contributed by atoms with Gasteiger partial charge in [0.25, 0.3) is 5.91 Å². The Morgan fingerprint density at radius 2 is 1.89 bits per heavy atom. The van der Waals surface area contributed by atoms with Crippen molar-refractivity contribution in [2.45, 2.75) is 19.9 Å². The van der Waals surface area contributed by atoms with Crippen molar-refractivity contribution in [1.29, 1.82) is 0 Å². The summed E-state index contributed by atoms with van der Waals surface area (Å²) < 4.78 is 0. The number of carbonyl (C=O) groups is 1. The molecule has 4 aromatic rings. The number of H-pyrrole nitrogens is 1. The van der Waals surface area contributed by atoms with Gasteiger partial charge in [-0.1, -0.05) is 30.3 Å². The van der Waals surface area contributed by atoms with Crippen LogP contribution in [-0.4, -0.2) is 56.8 Å². The quantitative estimate of drug-likeness (QED) is 0.306. The molecule has 1 atom stereocenters. The van der Waals surface area contributed by atoms with Crippen molar-refractivity contribution in [3.63, 3.8) is 0 Å². The average molecular weight is 472 g/mol. The first-order valence-corrected chi connectivity index (χ1v) is 11.3. The second-order valence-electron chi connectivity index (χ2n) is 8.54. The van der Waals surface area contributed by atoms with Gasteiger partial charge < -0.3 is 20.6 Å². The van der Waals surface area contributed by atoms with Gasteiger partial charge in [0.15, 0.2) is 0 Å². The molecular formula is C26H29N7O2. The van der Waals surface area contributed by atoms with Gasteiger partial charge in [-0.05, 0) is 49.2 Å². The zero-order chi connectivity index (χ0) is 24.9. The molecule has 4 N–H and O–H groups in total. The minimum Gasteiger partial charge on any atom is -0.394 e. The molecule has 2 aromatic carbocycles. The van der Waals surface area contributed by atoms with Gasteiger partial charge in [-0.2, -0.15) is 10.1 Å². The predicted molar refractivity (Wildman–Crippen MR) is 137 cm³/mol. The predicted octanol–water partition coefficient (Wildman–Crippen LogP) is 4.07. The van der Waals surface area contributed by atoms with E-state index in [9.17, 15) is 9.90 Å². The summed E-state index contributed by atoms with van der Waals surface area (Å²) in [6.45, 7) is 3.70. The maximum atomic E-state index is 12.3. The third kappa shape index (κ3) is 5.47. The fourth-order valence-electron chi connectivity index (χ4n) is 3.73. The van der Waals surface area contributed by atoms with E-state index in [1.165, 1.54) is 0 Å². The van der Waals surface area contributed by atoms with Crippen LogP contribution < -0.4 is 10.6 Å². The lowest BCUT2D eigenvalue weighted by Crippen LogP contribution is -2.22. The summed E-state index contributed by atoms with van der Waals surface area (Å²) in [6.07, 6.45) is 1.70. The standard InChI is InChI=1S/C26H29N7O2/c1-16-12-19(10-11-20(16)25(35)33(3)4)28-26-27-14-21(22-13-17(2)31-32-22)24(30-26)29-23(15-34)18-8-6-5-7-9-18/h5-14,23,34H,15H2,1-4H3,(H,31,32)(H2,27,28,29,30)/t23-/m1/s1. The SMILES string of the molecule is Cc1cc(-c2cnc(Nc3ccc(C(=O)N(C)C)c(C)c3)nc2N[C@H](CO)c2ccccc2)n[nH]1. The number of nitrogens with one attached hydrogen (secondary N) is 3. The maximum Gasteiger partial charge on any atom is 0.253 e. The van der Waals surface area contributed by atoms with E-state index in [0.717, 1.165) is 22.5 Å². The van der Waals surface area contributed by atoms with Crippen LogP contribution in [0.15, 0.2) is 60.8 Å². The Hall–Kier alpha value is -4.24. The number of aromatic amines is 1. The van der Waals surface area contributed by atoms with Crippen LogP contribution in [0.2, 0.25) is 0 Å². The first kappa shape index (κ1) is 23.9. The maximum absolute atomic E-state index is 12.3. The van der Waals surface area contributed by atoms with Crippen molar-refractivity contribution >= 4 is 23.4 Å². The van der Waals surface area contributed by atoms with E-state index in [1.807, 2.05) is 62.4 Å². The van der Waals surface area contributed by atoms with Crippen LogP contribution >= 0.6 is 0 Å². The fraction of sp³-hybridized carbons (Fsp3) is 0.231. The first-order chi connectivity index (χ1) is 16.9. The summed E-state index contributed by atoms with van der Waals surface area (Å²) in [6, 6.07) is 16.7. The van der Waals surface area contributed by atoms with Crippen molar-refractivity contribution < 1.29 is 9.90 Å².